The quantitative estimate of drug-likeness (QED) is 0.564. The van der Waals surface area contributed by atoms with Crippen molar-refractivity contribution in [2.75, 3.05) is 10.3 Å². The van der Waals surface area contributed by atoms with E-state index in [1.54, 1.807) is 0 Å². The van der Waals surface area contributed by atoms with Crippen molar-refractivity contribution in [3.05, 3.63) is 29.3 Å². The van der Waals surface area contributed by atoms with Gasteiger partial charge in [-0.15, -0.1) is 11.6 Å². The van der Waals surface area contributed by atoms with E-state index < -0.39 is 0 Å². The normalized spacial score (nSPS) is 14.7. The number of nitrogens with zero attached hydrogens (tertiary/aromatic N) is 1. The second kappa shape index (κ2) is 3.79. The highest BCUT2D eigenvalue weighted by Gasteiger charge is 2.25. The van der Waals surface area contributed by atoms with Crippen molar-refractivity contribution < 1.29 is 4.79 Å². The summed E-state index contributed by atoms with van der Waals surface area (Å²) in [6.07, 6.45) is 1.22. The van der Waals surface area contributed by atoms with Crippen LogP contribution in [0.3, 0.4) is 0 Å². The zero-order valence-corrected chi connectivity index (χ0v) is 8.98. The first-order valence-corrected chi connectivity index (χ1v) is 5.26. The van der Waals surface area contributed by atoms with Crippen molar-refractivity contribution in [2.45, 2.75) is 12.8 Å². The number of fused-ring (bicyclic) bond motifs is 1. The van der Waals surface area contributed by atoms with E-state index in [0.717, 1.165) is 23.2 Å². The summed E-state index contributed by atoms with van der Waals surface area (Å²) in [6.45, 7) is 0. The van der Waals surface area contributed by atoms with Crippen LogP contribution < -0.4 is 4.42 Å². The number of hydrogen-bond donors (Lipinski definition) is 0. The van der Waals surface area contributed by atoms with Gasteiger partial charge in [0, 0.05) is 17.7 Å². The standard InChI is InChI=1S/C10H9Cl2NO/c11-4-3-7-1-2-9-8(5-7)6-10(14)13(9)12/h1-2,5H,3-4,6H2. The third kappa shape index (κ3) is 1.60. The average Bonchev–Trinajstić information content (AvgIpc) is 2.43. The van der Waals surface area contributed by atoms with Gasteiger partial charge in [-0.05, 0) is 23.6 Å². The Morgan fingerprint density at radius 1 is 1.43 bits per heavy atom. The highest BCUT2D eigenvalue weighted by atomic mass is 35.5. The minimum atomic E-state index is -0.0651. The highest BCUT2D eigenvalue weighted by Crippen LogP contribution is 2.31. The molecule has 0 N–H and O–H groups in total. The van der Waals surface area contributed by atoms with E-state index in [1.165, 1.54) is 4.42 Å². The van der Waals surface area contributed by atoms with Gasteiger partial charge in [-0.25, -0.2) is 4.42 Å². The maximum Gasteiger partial charge on any atom is 0.246 e. The summed E-state index contributed by atoms with van der Waals surface area (Å²) < 4.78 is 1.18. The Morgan fingerprint density at radius 2 is 2.21 bits per heavy atom. The van der Waals surface area contributed by atoms with E-state index in [0.29, 0.717) is 12.3 Å². The minimum Gasteiger partial charge on any atom is -0.273 e. The van der Waals surface area contributed by atoms with Gasteiger partial charge in [-0.1, -0.05) is 12.1 Å². The molecule has 0 aliphatic carbocycles. The fourth-order valence-electron chi connectivity index (χ4n) is 1.60. The monoisotopic (exact) mass is 229 g/mol. The van der Waals surface area contributed by atoms with Gasteiger partial charge in [0.1, 0.15) is 0 Å². The molecule has 1 heterocycles. The first kappa shape index (κ1) is 9.81. The van der Waals surface area contributed by atoms with Crippen LogP contribution >= 0.6 is 23.4 Å². The molecule has 1 aliphatic heterocycles. The third-order valence-corrected chi connectivity index (χ3v) is 2.86. The summed E-state index contributed by atoms with van der Waals surface area (Å²) in [7, 11) is 0. The Kier molecular flexibility index (Phi) is 2.66. The molecule has 2 nitrogen and oxygen atoms in total. The first-order chi connectivity index (χ1) is 6.72. The number of anilines is 1. The topological polar surface area (TPSA) is 20.3 Å². The number of carbonyl (C=O) groups excluding carboxylic acids is 1. The van der Waals surface area contributed by atoms with Gasteiger partial charge in [0.05, 0.1) is 12.1 Å². The lowest BCUT2D eigenvalue weighted by molar-refractivity contribution is -0.116. The van der Waals surface area contributed by atoms with Crippen molar-refractivity contribution in [3.8, 4) is 0 Å². The zero-order valence-electron chi connectivity index (χ0n) is 7.46. The van der Waals surface area contributed by atoms with Crippen LogP contribution in [0, 0.1) is 0 Å². The van der Waals surface area contributed by atoms with E-state index in [4.69, 9.17) is 23.4 Å². The number of hydrogen-bond acceptors (Lipinski definition) is 1. The Labute approximate surface area is 92.5 Å². The molecule has 1 aliphatic rings. The van der Waals surface area contributed by atoms with Crippen LogP contribution in [0.5, 0.6) is 0 Å². The molecule has 4 heteroatoms. The van der Waals surface area contributed by atoms with Crippen LogP contribution in [0.2, 0.25) is 0 Å². The van der Waals surface area contributed by atoms with Gasteiger partial charge in [0.2, 0.25) is 5.91 Å². The predicted molar refractivity (Wildman–Crippen MR) is 57.9 cm³/mol. The Hall–Kier alpha value is -0.730. The molecule has 1 amide bonds. The number of benzene rings is 1. The molecule has 0 saturated carbocycles. The van der Waals surface area contributed by atoms with Crippen LogP contribution in [-0.4, -0.2) is 11.8 Å². The fourth-order valence-corrected chi connectivity index (χ4v) is 2.05. The molecule has 1 aromatic carbocycles. The SMILES string of the molecule is O=C1Cc2cc(CCCl)ccc2N1Cl. The van der Waals surface area contributed by atoms with Gasteiger partial charge in [-0.2, -0.15) is 0 Å². The second-order valence-electron chi connectivity index (χ2n) is 3.25. The van der Waals surface area contributed by atoms with Crippen molar-refractivity contribution in [2.24, 2.45) is 0 Å². The number of rotatable bonds is 2. The second-order valence-corrected chi connectivity index (χ2v) is 3.97. The van der Waals surface area contributed by atoms with E-state index in [1.807, 2.05) is 18.2 Å². The lowest BCUT2D eigenvalue weighted by Gasteiger charge is -2.06. The Bertz CT molecular complexity index is 378. The summed E-state index contributed by atoms with van der Waals surface area (Å²) >= 11 is 11.4. The van der Waals surface area contributed by atoms with E-state index >= 15 is 0 Å². The maximum atomic E-state index is 11.3. The van der Waals surface area contributed by atoms with Crippen LogP contribution in [0.25, 0.3) is 0 Å². The number of alkyl halides is 1. The van der Waals surface area contributed by atoms with Gasteiger partial charge < -0.3 is 0 Å². The van der Waals surface area contributed by atoms with Crippen LogP contribution in [0.1, 0.15) is 11.1 Å². The molecule has 0 radical (unpaired) electrons. The minimum absolute atomic E-state index is 0.0651. The van der Waals surface area contributed by atoms with Crippen LogP contribution in [0.4, 0.5) is 5.69 Å². The fraction of sp³-hybridized carbons (Fsp3) is 0.300. The molecule has 0 atom stereocenters. The van der Waals surface area contributed by atoms with E-state index in [9.17, 15) is 4.79 Å². The summed E-state index contributed by atoms with van der Waals surface area (Å²) in [5, 5.41) is 0. The molecule has 74 valence electrons. The van der Waals surface area contributed by atoms with Crippen molar-refractivity contribution >= 4 is 35.0 Å². The number of amides is 1. The van der Waals surface area contributed by atoms with E-state index in [2.05, 4.69) is 0 Å². The highest BCUT2D eigenvalue weighted by molar-refractivity contribution is 6.38. The number of halogens is 2. The van der Waals surface area contributed by atoms with Crippen LogP contribution in [0.15, 0.2) is 18.2 Å². The third-order valence-electron chi connectivity index (χ3n) is 2.30. The molecule has 0 fully saturated rings. The summed E-state index contributed by atoms with van der Waals surface area (Å²) in [5.74, 6) is 0.529. The Balaban J connectivity index is 2.34. The molecule has 0 bridgehead atoms. The smallest absolute Gasteiger partial charge is 0.246 e. The lowest BCUT2D eigenvalue weighted by Crippen LogP contribution is -2.13. The van der Waals surface area contributed by atoms with Gasteiger partial charge in [0.25, 0.3) is 0 Å². The van der Waals surface area contributed by atoms with E-state index in [-0.39, 0.29) is 5.91 Å². The average molecular weight is 230 g/mol. The number of carbonyl (C=O) groups is 1. The summed E-state index contributed by atoms with van der Waals surface area (Å²) in [6, 6.07) is 5.82. The van der Waals surface area contributed by atoms with Crippen LogP contribution in [-0.2, 0) is 17.6 Å². The Morgan fingerprint density at radius 3 is 2.93 bits per heavy atom. The summed E-state index contributed by atoms with van der Waals surface area (Å²) in [4.78, 5) is 11.3. The maximum absolute atomic E-state index is 11.3. The lowest BCUT2D eigenvalue weighted by atomic mass is 10.1. The molecule has 1 aromatic rings. The van der Waals surface area contributed by atoms with Gasteiger partial charge in [0.15, 0.2) is 0 Å². The predicted octanol–water partition coefficient (Wildman–Crippen LogP) is 2.51. The molecule has 0 unspecified atom stereocenters. The molecule has 0 saturated heterocycles. The van der Waals surface area contributed by atoms with Gasteiger partial charge in [-0.3, -0.25) is 4.79 Å². The number of aryl methyl sites for hydroxylation is 1. The van der Waals surface area contributed by atoms with Crippen molar-refractivity contribution in [1.82, 2.24) is 0 Å². The first-order valence-electron chi connectivity index (χ1n) is 4.39. The molecular formula is C10H9Cl2NO. The molecular weight excluding hydrogens is 221 g/mol. The van der Waals surface area contributed by atoms with Gasteiger partial charge >= 0.3 is 0 Å². The summed E-state index contributed by atoms with van der Waals surface area (Å²) in [5.41, 5.74) is 2.95. The van der Waals surface area contributed by atoms with Crippen molar-refractivity contribution in [1.29, 1.82) is 0 Å². The zero-order chi connectivity index (χ0) is 10.1. The molecule has 0 aromatic heterocycles. The van der Waals surface area contributed by atoms with Crippen molar-refractivity contribution in [3.63, 3.8) is 0 Å². The molecule has 0 spiro atoms. The largest absolute Gasteiger partial charge is 0.273 e. The molecule has 14 heavy (non-hydrogen) atoms. The molecule has 2 rings (SSSR count).